The molecule has 5 heteroatoms. The van der Waals surface area contributed by atoms with Crippen LogP contribution in [-0.2, 0) is 9.53 Å². The third-order valence-electron chi connectivity index (χ3n) is 2.17. The highest BCUT2D eigenvalue weighted by Gasteiger charge is 2.02. The average molecular weight is 348 g/mol. The summed E-state index contributed by atoms with van der Waals surface area (Å²) < 4.78 is 5.93. The summed E-state index contributed by atoms with van der Waals surface area (Å²) in [6, 6.07) is 5.71. The van der Waals surface area contributed by atoms with Crippen LogP contribution in [0.3, 0.4) is 0 Å². The van der Waals surface area contributed by atoms with Gasteiger partial charge in [-0.05, 0) is 54.1 Å². The van der Waals surface area contributed by atoms with Gasteiger partial charge in [-0.15, -0.1) is 0 Å². The number of nitrogens with two attached hydrogens (primary N) is 1. The number of hydrogen-bond donors (Lipinski definition) is 2. The Morgan fingerprint density at radius 2 is 2.29 bits per heavy atom. The minimum absolute atomic E-state index is 0.138. The fourth-order valence-electron chi connectivity index (χ4n) is 1.36. The first-order chi connectivity index (χ1) is 8.13. The van der Waals surface area contributed by atoms with Crippen LogP contribution in [0.4, 0.5) is 11.4 Å². The molecule has 94 valence electrons. The van der Waals surface area contributed by atoms with Crippen molar-refractivity contribution in [3.63, 3.8) is 0 Å². The van der Waals surface area contributed by atoms with Crippen LogP contribution in [0.5, 0.6) is 0 Å². The molecule has 1 aromatic carbocycles. The Labute approximate surface area is 115 Å². The minimum Gasteiger partial charge on any atom is -0.466 e. The Morgan fingerprint density at radius 1 is 1.53 bits per heavy atom. The number of nitrogen functional groups attached to an aromatic ring is 1. The number of halogens is 1. The number of anilines is 2. The molecule has 1 aromatic rings. The maximum atomic E-state index is 11.1. The molecule has 0 saturated heterocycles. The van der Waals surface area contributed by atoms with Crippen molar-refractivity contribution in [3.05, 3.63) is 21.8 Å². The average Bonchev–Trinajstić information content (AvgIpc) is 2.27. The van der Waals surface area contributed by atoms with Crippen LogP contribution in [0.2, 0.25) is 0 Å². The molecular formula is C12H17IN2O2. The van der Waals surface area contributed by atoms with Gasteiger partial charge in [-0.3, -0.25) is 4.79 Å². The van der Waals surface area contributed by atoms with Gasteiger partial charge in [0.2, 0.25) is 0 Å². The fraction of sp³-hybridized carbons (Fsp3) is 0.417. The van der Waals surface area contributed by atoms with E-state index >= 15 is 0 Å². The van der Waals surface area contributed by atoms with Gasteiger partial charge in [0, 0.05) is 27.9 Å². The van der Waals surface area contributed by atoms with Crippen LogP contribution in [0, 0.1) is 3.57 Å². The molecule has 0 atom stereocenters. The molecule has 0 radical (unpaired) electrons. The molecular weight excluding hydrogens is 331 g/mol. The molecule has 0 aliphatic heterocycles. The summed E-state index contributed by atoms with van der Waals surface area (Å²) in [5, 5.41) is 3.27. The van der Waals surface area contributed by atoms with Gasteiger partial charge in [0.25, 0.3) is 0 Å². The van der Waals surface area contributed by atoms with E-state index in [1.807, 2.05) is 25.1 Å². The van der Waals surface area contributed by atoms with Crippen molar-refractivity contribution in [1.29, 1.82) is 0 Å². The van der Waals surface area contributed by atoms with Crippen molar-refractivity contribution in [2.45, 2.75) is 19.8 Å². The van der Waals surface area contributed by atoms with Gasteiger partial charge < -0.3 is 15.8 Å². The number of benzene rings is 1. The third-order valence-corrected chi connectivity index (χ3v) is 3.06. The van der Waals surface area contributed by atoms with E-state index in [4.69, 9.17) is 10.5 Å². The molecule has 0 bridgehead atoms. The predicted octanol–water partition coefficient (Wildman–Crippen LogP) is 2.63. The summed E-state index contributed by atoms with van der Waals surface area (Å²) in [7, 11) is 0. The normalized spacial score (nSPS) is 10.0. The molecule has 17 heavy (non-hydrogen) atoms. The van der Waals surface area contributed by atoms with Crippen molar-refractivity contribution in [3.8, 4) is 0 Å². The molecule has 1 rings (SSSR count). The van der Waals surface area contributed by atoms with Crippen molar-refractivity contribution in [1.82, 2.24) is 0 Å². The van der Waals surface area contributed by atoms with Crippen molar-refractivity contribution >= 4 is 39.9 Å². The molecule has 0 saturated carbocycles. The molecule has 0 unspecified atom stereocenters. The van der Waals surface area contributed by atoms with Crippen LogP contribution in [0.15, 0.2) is 18.2 Å². The van der Waals surface area contributed by atoms with Crippen LogP contribution in [-0.4, -0.2) is 19.1 Å². The molecule has 0 aliphatic carbocycles. The Bertz CT molecular complexity index is 383. The number of ether oxygens (including phenoxy) is 1. The predicted molar refractivity (Wildman–Crippen MR) is 77.9 cm³/mol. The summed E-state index contributed by atoms with van der Waals surface area (Å²) in [4.78, 5) is 11.1. The van der Waals surface area contributed by atoms with Crippen LogP contribution in [0.1, 0.15) is 19.8 Å². The van der Waals surface area contributed by atoms with Crippen LogP contribution < -0.4 is 11.1 Å². The first-order valence-corrected chi connectivity index (χ1v) is 6.66. The Kier molecular flexibility index (Phi) is 6.10. The standard InChI is InChI=1S/C12H17IN2O2/c1-2-17-12(16)4-3-7-15-11-6-5-9(14)8-10(11)13/h5-6,8,15H,2-4,7,14H2,1H3. The Balaban J connectivity index is 2.29. The van der Waals surface area contributed by atoms with Gasteiger partial charge in [0.15, 0.2) is 0 Å². The number of carbonyl (C=O) groups is 1. The lowest BCUT2D eigenvalue weighted by Crippen LogP contribution is -2.08. The van der Waals surface area contributed by atoms with E-state index in [1.165, 1.54) is 0 Å². The highest BCUT2D eigenvalue weighted by Crippen LogP contribution is 2.20. The smallest absolute Gasteiger partial charge is 0.305 e. The first kappa shape index (κ1) is 14.1. The number of hydrogen-bond acceptors (Lipinski definition) is 4. The molecule has 0 amide bonds. The maximum Gasteiger partial charge on any atom is 0.305 e. The lowest BCUT2D eigenvalue weighted by atomic mass is 10.2. The summed E-state index contributed by atoms with van der Waals surface area (Å²) in [5.74, 6) is -0.138. The number of rotatable bonds is 6. The van der Waals surface area contributed by atoms with E-state index in [0.29, 0.717) is 13.0 Å². The number of nitrogens with one attached hydrogen (secondary N) is 1. The molecule has 0 aliphatic rings. The summed E-state index contributed by atoms with van der Waals surface area (Å²) in [6.45, 7) is 3.01. The van der Waals surface area contributed by atoms with Gasteiger partial charge in [0.1, 0.15) is 0 Å². The maximum absolute atomic E-state index is 11.1. The summed E-state index contributed by atoms with van der Waals surface area (Å²) >= 11 is 2.23. The zero-order chi connectivity index (χ0) is 12.7. The molecule has 0 fully saturated rings. The second-order valence-electron chi connectivity index (χ2n) is 3.57. The zero-order valence-electron chi connectivity index (χ0n) is 9.83. The van der Waals surface area contributed by atoms with E-state index < -0.39 is 0 Å². The van der Waals surface area contributed by atoms with Crippen molar-refractivity contribution in [2.75, 3.05) is 24.2 Å². The van der Waals surface area contributed by atoms with E-state index in [1.54, 1.807) is 0 Å². The van der Waals surface area contributed by atoms with Crippen LogP contribution >= 0.6 is 22.6 Å². The second-order valence-corrected chi connectivity index (χ2v) is 4.74. The van der Waals surface area contributed by atoms with Crippen LogP contribution in [0.25, 0.3) is 0 Å². The molecule has 0 heterocycles. The largest absolute Gasteiger partial charge is 0.466 e. The zero-order valence-corrected chi connectivity index (χ0v) is 12.0. The lowest BCUT2D eigenvalue weighted by molar-refractivity contribution is -0.143. The second kappa shape index (κ2) is 7.37. The van der Waals surface area contributed by atoms with Gasteiger partial charge in [-0.2, -0.15) is 0 Å². The van der Waals surface area contributed by atoms with Crippen molar-refractivity contribution in [2.24, 2.45) is 0 Å². The molecule has 0 aromatic heterocycles. The minimum atomic E-state index is -0.138. The van der Waals surface area contributed by atoms with Gasteiger partial charge in [-0.25, -0.2) is 0 Å². The summed E-state index contributed by atoms with van der Waals surface area (Å²) in [6.07, 6.45) is 1.21. The topological polar surface area (TPSA) is 64.3 Å². The molecule has 4 nitrogen and oxygen atoms in total. The van der Waals surface area contributed by atoms with E-state index in [0.717, 1.165) is 27.9 Å². The number of carbonyl (C=O) groups excluding carboxylic acids is 1. The van der Waals surface area contributed by atoms with Gasteiger partial charge in [0.05, 0.1) is 6.61 Å². The van der Waals surface area contributed by atoms with E-state index in [2.05, 4.69) is 27.9 Å². The van der Waals surface area contributed by atoms with Gasteiger partial charge in [-0.1, -0.05) is 0 Å². The molecule has 0 spiro atoms. The third kappa shape index (κ3) is 5.25. The SMILES string of the molecule is CCOC(=O)CCCNc1ccc(N)cc1I. The van der Waals surface area contributed by atoms with E-state index in [9.17, 15) is 4.79 Å². The highest BCUT2D eigenvalue weighted by atomic mass is 127. The van der Waals surface area contributed by atoms with E-state index in [-0.39, 0.29) is 5.97 Å². The van der Waals surface area contributed by atoms with Gasteiger partial charge >= 0.3 is 5.97 Å². The highest BCUT2D eigenvalue weighted by molar-refractivity contribution is 14.1. The molecule has 3 N–H and O–H groups in total. The quantitative estimate of drug-likeness (QED) is 0.359. The lowest BCUT2D eigenvalue weighted by Gasteiger charge is -2.08. The summed E-state index contributed by atoms with van der Waals surface area (Å²) in [5.41, 5.74) is 7.46. The Hall–Kier alpha value is -0.980. The first-order valence-electron chi connectivity index (χ1n) is 5.58. The number of esters is 1. The Morgan fingerprint density at radius 3 is 2.94 bits per heavy atom. The fourth-order valence-corrected chi connectivity index (χ4v) is 2.09. The van der Waals surface area contributed by atoms with Crippen molar-refractivity contribution < 1.29 is 9.53 Å². The monoisotopic (exact) mass is 348 g/mol.